The van der Waals surface area contributed by atoms with Crippen molar-refractivity contribution in [2.75, 3.05) is 6.61 Å². The number of imidazole rings is 1. The lowest BCUT2D eigenvalue weighted by Gasteiger charge is -2.16. The van der Waals surface area contributed by atoms with E-state index in [9.17, 15) is 19.6 Å². The molecule has 0 bridgehead atoms. The molecule has 0 spiro atoms. The molecule has 5 N–H and O–H groups in total. The molecule has 3 heterocycles. The number of hydrogen-bond donors (Lipinski definition) is 5. The molecule has 126 valence electrons. The summed E-state index contributed by atoms with van der Waals surface area (Å²) in [5.41, 5.74) is -0.336. The van der Waals surface area contributed by atoms with Crippen LogP contribution in [-0.4, -0.2) is 64.4 Å². The SMILES string of the molecule is O=c1[nH]cnc2c1ncn2[C@@H]1O[C@@H](COP(=O)(O)O)[C@@H](O)[C@H]1O. The minimum atomic E-state index is -4.74. The van der Waals surface area contributed by atoms with E-state index in [1.165, 1.54) is 10.9 Å². The van der Waals surface area contributed by atoms with Crippen LogP contribution in [0.15, 0.2) is 17.4 Å². The molecular formula is C10H13N4O8P. The molecule has 1 saturated heterocycles. The Balaban J connectivity index is 1.87. The van der Waals surface area contributed by atoms with Gasteiger partial charge in [0, 0.05) is 0 Å². The van der Waals surface area contributed by atoms with Crippen molar-refractivity contribution in [1.29, 1.82) is 0 Å². The van der Waals surface area contributed by atoms with Gasteiger partial charge in [0.25, 0.3) is 5.56 Å². The summed E-state index contributed by atoms with van der Waals surface area (Å²) < 4.78 is 21.6. The van der Waals surface area contributed by atoms with E-state index in [1.807, 2.05) is 0 Å². The van der Waals surface area contributed by atoms with E-state index in [-0.39, 0.29) is 11.2 Å². The monoisotopic (exact) mass is 348 g/mol. The molecule has 0 amide bonds. The maximum Gasteiger partial charge on any atom is 0.469 e. The first-order chi connectivity index (χ1) is 10.8. The van der Waals surface area contributed by atoms with E-state index in [2.05, 4.69) is 19.5 Å². The van der Waals surface area contributed by atoms with Gasteiger partial charge in [-0.3, -0.25) is 13.9 Å². The topological polar surface area (TPSA) is 180 Å². The van der Waals surface area contributed by atoms with E-state index >= 15 is 0 Å². The Labute approximate surface area is 127 Å². The smallest absolute Gasteiger partial charge is 0.387 e. The number of nitrogens with one attached hydrogen (secondary N) is 1. The van der Waals surface area contributed by atoms with Crippen molar-refractivity contribution in [1.82, 2.24) is 19.5 Å². The number of hydrogen-bond acceptors (Lipinski definition) is 8. The summed E-state index contributed by atoms with van der Waals surface area (Å²) in [6.07, 6.45) is -2.85. The third-order valence-corrected chi connectivity index (χ3v) is 3.87. The molecule has 1 aliphatic rings. The average Bonchev–Trinajstić information content (AvgIpc) is 3.01. The van der Waals surface area contributed by atoms with Gasteiger partial charge in [-0.15, -0.1) is 0 Å². The van der Waals surface area contributed by atoms with Gasteiger partial charge in [0.1, 0.15) is 18.3 Å². The van der Waals surface area contributed by atoms with Crippen LogP contribution in [0.2, 0.25) is 0 Å². The zero-order chi connectivity index (χ0) is 16.8. The Morgan fingerprint density at radius 1 is 1.35 bits per heavy atom. The maximum atomic E-state index is 11.6. The van der Waals surface area contributed by atoms with Crippen LogP contribution in [0.4, 0.5) is 0 Å². The highest BCUT2D eigenvalue weighted by molar-refractivity contribution is 7.46. The van der Waals surface area contributed by atoms with Crippen LogP contribution in [0.5, 0.6) is 0 Å². The minimum absolute atomic E-state index is 0.0210. The van der Waals surface area contributed by atoms with Crippen molar-refractivity contribution < 1.29 is 33.8 Å². The van der Waals surface area contributed by atoms with Crippen LogP contribution < -0.4 is 5.56 Å². The first kappa shape index (κ1) is 16.2. The molecule has 0 radical (unpaired) electrons. The molecule has 1 fully saturated rings. The Bertz CT molecular complexity index is 815. The molecule has 12 nitrogen and oxygen atoms in total. The molecule has 2 aromatic heterocycles. The summed E-state index contributed by atoms with van der Waals surface area (Å²) in [5.74, 6) is 0. The molecule has 1 aliphatic heterocycles. The fourth-order valence-electron chi connectivity index (χ4n) is 2.32. The molecular weight excluding hydrogens is 335 g/mol. The summed E-state index contributed by atoms with van der Waals surface area (Å²) >= 11 is 0. The van der Waals surface area contributed by atoms with Crippen molar-refractivity contribution in [2.24, 2.45) is 0 Å². The van der Waals surface area contributed by atoms with E-state index in [1.54, 1.807) is 0 Å². The summed E-state index contributed by atoms with van der Waals surface area (Å²) in [5, 5.41) is 20.0. The van der Waals surface area contributed by atoms with E-state index in [0.29, 0.717) is 0 Å². The van der Waals surface area contributed by atoms with Crippen molar-refractivity contribution in [3.63, 3.8) is 0 Å². The Hall–Kier alpha value is -1.66. The fourth-order valence-corrected chi connectivity index (χ4v) is 2.66. The van der Waals surface area contributed by atoms with E-state index < -0.39 is 44.5 Å². The molecule has 23 heavy (non-hydrogen) atoms. The third kappa shape index (κ3) is 3.05. The molecule has 2 aromatic rings. The Morgan fingerprint density at radius 2 is 2.09 bits per heavy atom. The van der Waals surface area contributed by atoms with Crippen LogP contribution in [0.3, 0.4) is 0 Å². The number of phosphoric acid groups is 1. The van der Waals surface area contributed by atoms with Crippen LogP contribution in [0.1, 0.15) is 6.23 Å². The third-order valence-electron chi connectivity index (χ3n) is 3.38. The van der Waals surface area contributed by atoms with Gasteiger partial charge in [-0.1, -0.05) is 0 Å². The van der Waals surface area contributed by atoms with Crippen molar-refractivity contribution >= 4 is 19.0 Å². The van der Waals surface area contributed by atoms with Crippen LogP contribution in [0.25, 0.3) is 11.2 Å². The maximum absolute atomic E-state index is 11.6. The second kappa shape index (κ2) is 5.76. The number of aromatic nitrogens is 4. The zero-order valence-corrected chi connectivity index (χ0v) is 12.3. The van der Waals surface area contributed by atoms with Crippen LogP contribution in [-0.2, 0) is 13.8 Å². The highest BCUT2D eigenvalue weighted by Gasteiger charge is 2.45. The Morgan fingerprint density at radius 3 is 2.78 bits per heavy atom. The second-order valence-electron chi connectivity index (χ2n) is 4.89. The number of nitrogens with zero attached hydrogens (tertiary/aromatic N) is 3. The van der Waals surface area contributed by atoms with E-state index in [4.69, 9.17) is 14.5 Å². The summed E-state index contributed by atoms with van der Waals surface area (Å²) in [4.78, 5) is 39.1. The van der Waals surface area contributed by atoms with Crippen LogP contribution in [0, 0.1) is 0 Å². The number of H-pyrrole nitrogens is 1. The van der Waals surface area contributed by atoms with Gasteiger partial charge in [-0.25, -0.2) is 14.5 Å². The van der Waals surface area contributed by atoms with Gasteiger partial charge in [0.2, 0.25) is 0 Å². The predicted molar refractivity (Wildman–Crippen MR) is 72.1 cm³/mol. The molecule has 4 atom stereocenters. The van der Waals surface area contributed by atoms with Gasteiger partial charge in [0.15, 0.2) is 17.4 Å². The Kier molecular flexibility index (Phi) is 4.06. The minimum Gasteiger partial charge on any atom is -0.387 e. The quantitative estimate of drug-likeness (QED) is 0.382. The highest BCUT2D eigenvalue weighted by atomic mass is 31.2. The summed E-state index contributed by atoms with van der Waals surface area (Å²) in [7, 11) is -4.74. The van der Waals surface area contributed by atoms with Crippen molar-refractivity contribution in [3.05, 3.63) is 23.0 Å². The molecule has 13 heteroatoms. The molecule has 0 aromatic carbocycles. The number of phosphoric ester groups is 1. The second-order valence-corrected chi connectivity index (χ2v) is 6.13. The predicted octanol–water partition coefficient (Wildman–Crippen LogP) is -2.15. The molecule has 0 saturated carbocycles. The number of fused-ring (bicyclic) bond motifs is 1. The summed E-state index contributed by atoms with van der Waals surface area (Å²) in [6, 6.07) is 0. The van der Waals surface area contributed by atoms with Crippen molar-refractivity contribution in [2.45, 2.75) is 24.5 Å². The van der Waals surface area contributed by atoms with Gasteiger partial charge in [-0.05, 0) is 0 Å². The number of aromatic amines is 1. The number of aliphatic hydroxyl groups excluding tert-OH is 2. The lowest BCUT2D eigenvalue weighted by Crippen LogP contribution is -2.33. The zero-order valence-electron chi connectivity index (χ0n) is 11.4. The highest BCUT2D eigenvalue weighted by Crippen LogP contribution is 2.38. The number of aliphatic hydroxyl groups is 2. The first-order valence-electron chi connectivity index (χ1n) is 6.40. The summed E-state index contributed by atoms with van der Waals surface area (Å²) in [6.45, 7) is -0.625. The first-order valence-corrected chi connectivity index (χ1v) is 7.93. The standard InChI is InChI=1S/C10H13N4O8P/c15-6-4(1-21-23(18,19)20)22-10(7(6)16)14-3-13-5-8(14)11-2-12-9(5)17/h2-4,6-7,10,15-16H,1H2,(H,11,12,17)(H2,18,19,20)/t4-,6+,7+,10+/m0/s1. The number of rotatable bonds is 4. The van der Waals surface area contributed by atoms with Gasteiger partial charge in [-0.2, -0.15) is 0 Å². The fraction of sp³-hybridized carbons (Fsp3) is 0.500. The van der Waals surface area contributed by atoms with Crippen LogP contribution >= 0.6 is 7.82 Å². The van der Waals surface area contributed by atoms with Crippen molar-refractivity contribution in [3.8, 4) is 0 Å². The van der Waals surface area contributed by atoms with Gasteiger partial charge in [0.05, 0.1) is 19.3 Å². The van der Waals surface area contributed by atoms with E-state index in [0.717, 1.165) is 6.33 Å². The number of ether oxygens (including phenoxy) is 1. The molecule has 0 aliphatic carbocycles. The van der Waals surface area contributed by atoms with Gasteiger partial charge >= 0.3 is 7.82 Å². The normalized spacial score (nSPS) is 28.5. The molecule has 3 rings (SSSR count). The van der Waals surface area contributed by atoms with Gasteiger partial charge < -0.3 is 29.7 Å². The lowest BCUT2D eigenvalue weighted by atomic mass is 10.1. The largest absolute Gasteiger partial charge is 0.469 e. The lowest BCUT2D eigenvalue weighted by molar-refractivity contribution is -0.0504. The average molecular weight is 348 g/mol. The molecule has 0 unspecified atom stereocenters.